The van der Waals surface area contributed by atoms with Gasteiger partial charge in [0.2, 0.25) is 12.7 Å². The molecule has 0 radical (unpaired) electrons. The number of hydrogen-bond donors (Lipinski definition) is 1. The Balaban J connectivity index is 1.49. The standard InChI is InChI=1S/C20H20N2O5/c1-12(14-7-8-17-18(9-14)26-11-25-17)21-20(24)19-10-22(13(2)23)15-5-3-4-6-16(15)27-19/h3-9,12,19H,10-11H2,1-2H3,(H,21,24)/t12-,19-/m1/s1. The summed E-state index contributed by atoms with van der Waals surface area (Å²) in [6.45, 7) is 3.74. The second-order valence-corrected chi connectivity index (χ2v) is 6.55. The maximum Gasteiger partial charge on any atom is 0.263 e. The van der Waals surface area contributed by atoms with Crippen molar-refractivity contribution in [3.63, 3.8) is 0 Å². The highest BCUT2D eigenvalue weighted by Gasteiger charge is 2.33. The summed E-state index contributed by atoms with van der Waals surface area (Å²) < 4.78 is 16.5. The Morgan fingerprint density at radius 3 is 2.70 bits per heavy atom. The van der Waals surface area contributed by atoms with Crippen LogP contribution in [0.25, 0.3) is 0 Å². The Morgan fingerprint density at radius 1 is 1.11 bits per heavy atom. The lowest BCUT2D eigenvalue weighted by molar-refractivity contribution is -0.129. The Kier molecular flexibility index (Phi) is 4.35. The molecule has 140 valence electrons. The lowest BCUT2D eigenvalue weighted by atomic mass is 10.1. The molecule has 2 aliphatic rings. The van der Waals surface area contributed by atoms with Gasteiger partial charge < -0.3 is 24.4 Å². The first kappa shape index (κ1) is 17.2. The molecule has 0 saturated carbocycles. The monoisotopic (exact) mass is 368 g/mol. The minimum atomic E-state index is -0.778. The summed E-state index contributed by atoms with van der Waals surface area (Å²) in [6.07, 6.45) is -0.778. The smallest absolute Gasteiger partial charge is 0.263 e. The Labute approximate surface area is 156 Å². The molecule has 27 heavy (non-hydrogen) atoms. The van der Waals surface area contributed by atoms with Crippen LogP contribution in [0.4, 0.5) is 5.69 Å². The van der Waals surface area contributed by atoms with Gasteiger partial charge in [-0.1, -0.05) is 18.2 Å². The van der Waals surface area contributed by atoms with Gasteiger partial charge >= 0.3 is 0 Å². The van der Waals surface area contributed by atoms with Gasteiger partial charge in [0.25, 0.3) is 5.91 Å². The molecule has 7 heteroatoms. The molecule has 2 aromatic rings. The van der Waals surface area contributed by atoms with E-state index in [2.05, 4.69) is 5.32 Å². The van der Waals surface area contributed by atoms with Crippen LogP contribution in [0.2, 0.25) is 0 Å². The van der Waals surface area contributed by atoms with E-state index >= 15 is 0 Å². The number of carbonyl (C=O) groups is 2. The van der Waals surface area contributed by atoms with Crippen molar-refractivity contribution in [1.29, 1.82) is 0 Å². The Morgan fingerprint density at radius 2 is 1.89 bits per heavy atom. The molecule has 4 rings (SSSR count). The number of rotatable bonds is 3. The summed E-state index contributed by atoms with van der Waals surface area (Å²) in [5, 5.41) is 2.95. The lowest BCUT2D eigenvalue weighted by Gasteiger charge is -2.34. The van der Waals surface area contributed by atoms with E-state index < -0.39 is 6.10 Å². The highest BCUT2D eigenvalue weighted by Crippen LogP contribution is 2.35. The number of amides is 2. The summed E-state index contributed by atoms with van der Waals surface area (Å²) in [5.74, 6) is 1.48. The molecule has 1 N–H and O–H groups in total. The molecule has 0 saturated heterocycles. The number of ether oxygens (including phenoxy) is 3. The van der Waals surface area contributed by atoms with E-state index in [1.54, 1.807) is 17.0 Å². The van der Waals surface area contributed by atoms with E-state index in [1.807, 2.05) is 37.3 Å². The van der Waals surface area contributed by atoms with Gasteiger partial charge in [-0.05, 0) is 36.8 Å². The molecular weight excluding hydrogens is 348 g/mol. The number of para-hydroxylation sites is 2. The molecule has 0 aromatic heterocycles. The first-order valence-corrected chi connectivity index (χ1v) is 8.76. The van der Waals surface area contributed by atoms with Crippen LogP contribution in [-0.2, 0) is 9.59 Å². The molecule has 2 aliphatic heterocycles. The zero-order valence-corrected chi connectivity index (χ0v) is 15.1. The third-order valence-corrected chi connectivity index (χ3v) is 4.70. The second-order valence-electron chi connectivity index (χ2n) is 6.55. The number of nitrogens with zero attached hydrogens (tertiary/aromatic N) is 1. The predicted molar refractivity (Wildman–Crippen MR) is 98.0 cm³/mol. The maximum absolute atomic E-state index is 12.8. The molecule has 7 nitrogen and oxygen atoms in total. The molecule has 2 atom stereocenters. The highest BCUT2D eigenvalue weighted by atomic mass is 16.7. The number of carbonyl (C=O) groups excluding carboxylic acids is 2. The van der Waals surface area contributed by atoms with E-state index in [0.29, 0.717) is 22.9 Å². The summed E-state index contributed by atoms with van der Waals surface area (Å²) >= 11 is 0. The minimum absolute atomic E-state index is 0.132. The molecule has 2 aromatic carbocycles. The summed E-state index contributed by atoms with van der Waals surface area (Å²) in [7, 11) is 0. The molecule has 0 spiro atoms. The Bertz CT molecular complexity index is 898. The number of benzene rings is 2. The van der Waals surface area contributed by atoms with Crippen molar-refractivity contribution in [2.45, 2.75) is 26.0 Å². The van der Waals surface area contributed by atoms with Crippen LogP contribution in [0.1, 0.15) is 25.5 Å². The molecule has 2 amide bonds. The van der Waals surface area contributed by atoms with Gasteiger partial charge in [-0.3, -0.25) is 9.59 Å². The predicted octanol–water partition coefficient (Wildman–Crippen LogP) is 2.41. The van der Waals surface area contributed by atoms with Gasteiger partial charge in [0.05, 0.1) is 18.3 Å². The fourth-order valence-electron chi connectivity index (χ4n) is 3.24. The van der Waals surface area contributed by atoms with Gasteiger partial charge in [0, 0.05) is 6.92 Å². The van der Waals surface area contributed by atoms with E-state index in [9.17, 15) is 9.59 Å². The maximum atomic E-state index is 12.8. The molecule has 0 aliphatic carbocycles. The average Bonchev–Trinajstić information content (AvgIpc) is 3.14. The van der Waals surface area contributed by atoms with Crippen molar-refractivity contribution in [2.75, 3.05) is 18.2 Å². The quantitative estimate of drug-likeness (QED) is 0.900. The van der Waals surface area contributed by atoms with E-state index in [0.717, 1.165) is 5.56 Å². The van der Waals surface area contributed by atoms with Gasteiger partial charge in [-0.2, -0.15) is 0 Å². The second kappa shape index (κ2) is 6.83. The number of anilines is 1. The number of fused-ring (bicyclic) bond motifs is 2. The first-order valence-electron chi connectivity index (χ1n) is 8.76. The third kappa shape index (κ3) is 3.28. The zero-order valence-electron chi connectivity index (χ0n) is 15.1. The van der Waals surface area contributed by atoms with Crippen LogP contribution in [0.3, 0.4) is 0 Å². The third-order valence-electron chi connectivity index (χ3n) is 4.70. The lowest BCUT2D eigenvalue weighted by Crippen LogP contribution is -2.50. The minimum Gasteiger partial charge on any atom is -0.477 e. The highest BCUT2D eigenvalue weighted by molar-refractivity contribution is 5.95. The van der Waals surface area contributed by atoms with Crippen LogP contribution in [-0.4, -0.2) is 31.3 Å². The molecule has 0 bridgehead atoms. The molecule has 2 heterocycles. The Hall–Kier alpha value is -3.22. The van der Waals surface area contributed by atoms with Crippen molar-refractivity contribution < 1.29 is 23.8 Å². The van der Waals surface area contributed by atoms with Crippen molar-refractivity contribution in [1.82, 2.24) is 5.32 Å². The normalized spacial score (nSPS) is 18.3. The fraction of sp³-hybridized carbons (Fsp3) is 0.300. The van der Waals surface area contributed by atoms with Crippen LogP contribution in [0.5, 0.6) is 17.2 Å². The van der Waals surface area contributed by atoms with Gasteiger partial charge in [-0.15, -0.1) is 0 Å². The van der Waals surface area contributed by atoms with Crippen LogP contribution in [0, 0.1) is 0 Å². The average molecular weight is 368 g/mol. The topological polar surface area (TPSA) is 77.1 Å². The van der Waals surface area contributed by atoms with Crippen molar-refractivity contribution in [3.05, 3.63) is 48.0 Å². The largest absolute Gasteiger partial charge is 0.477 e. The summed E-state index contributed by atoms with van der Waals surface area (Å²) in [4.78, 5) is 26.3. The van der Waals surface area contributed by atoms with E-state index in [1.165, 1.54) is 6.92 Å². The van der Waals surface area contributed by atoms with Crippen molar-refractivity contribution >= 4 is 17.5 Å². The first-order chi connectivity index (χ1) is 13.0. The SMILES string of the molecule is CC(=O)N1C[C@H](C(=O)N[C@H](C)c2ccc3c(c2)OCO3)Oc2ccccc21. The summed E-state index contributed by atoms with van der Waals surface area (Å²) in [6, 6.07) is 12.5. The van der Waals surface area contributed by atoms with Crippen LogP contribution < -0.4 is 24.4 Å². The zero-order chi connectivity index (χ0) is 19.0. The van der Waals surface area contributed by atoms with Crippen LogP contribution in [0.15, 0.2) is 42.5 Å². The number of nitrogens with one attached hydrogen (secondary N) is 1. The van der Waals surface area contributed by atoms with E-state index in [-0.39, 0.29) is 31.2 Å². The van der Waals surface area contributed by atoms with Crippen molar-refractivity contribution in [2.24, 2.45) is 0 Å². The van der Waals surface area contributed by atoms with E-state index in [4.69, 9.17) is 14.2 Å². The van der Waals surface area contributed by atoms with Gasteiger partial charge in [-0.25, -0.2) is 0 Å². The van der Waals surface area contributed by atoms with Gasteiger partial charge in [0.1, 0.15) is 5.75 Å². The fourth-order valence-corrected chi connectivity index (χ4v) is 3.24. The number of hydrogen-bond acceptors (Lipinski definition) is 5. The van der Waals surface area contributed by atoms with Gasteiger partial charge in [0.15, 0.2) is 17.6 Å². The van der Waals surface area contributed by atoms with Crippen LogP contribution >= 0.6 is 0 Å². The molecule has 0 fully saturated rings. The van der Waals surface area contributed by atoms with Crippen molar-refractivity contribution in [3.8, 4) is 17.2 Å². The molecule has 0 unspecified atom stereocenters. The summed E-state index contributed by atoms with van der Waals surface area (Å²) in [5.41, 5.74) is 1.57. The molecular formula is C20H20N2O5.